The van der Waals surface area contributed by atoms with Crippen LogP contribution in [0.15, 0.2) is 0 Å². The molecule has 0 aliphatic rings. The van der Waals surface area contributed by atoms with Crippen LogP contribution in [0.1, 0.15) is 78.7 Å². The molecule has 11 heavy (non-hydrogen) atoms. The maximum atomic E-state index is 2.18. The molecular weight excluding hydrogens is 132 g/mol. The van der Waals surface area contributed by atoms with Gasteiger partial charge in [-0.15, -0.1) is 0 Å². The van der Waals surface area contributed by atoms with E-state index >= 15 is 0 Å². The first kappa shape index (κ1) is 122. The Morgan fingerprint density at radius 1 is 0.455 bits per heavy atom. The molecular formula is C11H38. The van der Waals surface area contributed by atoms with Gasteiger partial charge in [0.05, 0.1) is 0 Å². The van der Waals surface area contributed by atoms with Gasteiger partial charge < -0.3 is 0 Å². The highest BCUT2D eigenvalue weighted by atomic mass is 13.6. The Labute approximate surface area is 79.4 Å². The molecule has 0 radical (unpaired) electrons. The van der Waals surface area contributed by atoms with Gasteiger partial charge in [0.1, 0.15) is 0 Å². The fourth-order valence-corrected chi connectivity index (χ4v) is 0. The molecule has 0 aromatic heterocycles. The fraction of sp³-hybridized carbons (Fsp3) is 1.00. The lowest BCUT2D eigenvalue weighted by Gasteiger charge is -1.68. The van der Waals surface area contributed by atoms with E-state index in [2.05, 4.69) is 13.8 Å². The summed E-state index contributed by atoms with van der Waals surface area (Å²) in [5.41, 5.74) is 0. The van der Waals surface area contributed by atoms with E-state index in [1.807, 2.05) is 0 Å². The third kappa shape index (κ3) is 640. The number of hydrogen-bond acceptors (Lipinski definition) is 0. The van der Waals surface area contributed by atoms with Crippen molar-refractivity contribution in [2.45, 2.75) is 78.7 Å². The topological polar surface area (TPSA) is 0 Å². The summed E-state index contributed by atoms with van der Waals surface area (Å²) in [4.78, 5) is 0. The number of hydrogen-bond donors (Lipinski definition) is 0. The minimum atomic E-state index is 0. The van der Waals surface area contributed by atoms with E-state index in [1.165, 1.54) is 12.8 Å². The zero-order chi connectivity index (χ0) is 3.41. The Hall–Kier alpha value is 0. The molecule has 0 fully saturated rings. The molecule has 0 aliphatic carbocycles. The minimum Gasteiger partial charge on any atom is -0.0776 e. The zero-order valence-corrected chi connectivity index (χ0v) is 3.41. The molecule has 0 heterocycles. The molecule has 0 saturated carbocycles. The third-order valence-corrected chi connectivity index (χ3v) is 0.500. The van der Waals surface area contributed by atoms with Crippen molar-refractivity contribution in [1.82, 2.24) is 0 Å². The van der Waals surface area contributed by atoms with Crippen molar-refractivity contribution >= 4 is 0 Å². The molecule has 0 nitrogen and oxygen atoms in total. The maximum Gasteiger partial charge on any atom is -0.0564 e. The van der Waals surface area contributed by atoms with E-state index in [9.17, 15) is 0 Å². The van der Waals surface area contributed by atoms with E-state index in [1.54, 1.807) is 0 Å². The van der Waals surface area contributed by atoms with Crippen molar-refractivity contribution in [2.24, 2.45) is 0 Å². The average molecular weight is 170 g/mol. The summed E-state index contributed by atoms with van der Waals surface area (Å²) < 4.78 is 0. The van der Waals surface area contributed by atoms with Crippen LogP contribution in [0.4, 0.5) is 0 Å². The lowest BCUT2D eigenvalue weighted by molar-refractivity contribution is 0.886. The molecule has 82 valence electrons. The van der Waals surface area contributed by atoms with E-state index in [-0.39, 0.29) is 52.0 Å². The highest BCUT2D eigenvalue weighted by Gasteiger charge is 1.56. The predicted octanol–water partition coefficient (Wildman–Crippen LogP) is 6.26. The zero-order valence-electron chi connectivity index (χ0n) is 3.41. The van der Waals surface area contributed by atoms with Crippen molar-refractivity contribution < 1.29 is 0 Å². The molecule has 0 spiro atoms. The Bertz CT molecular complexity index is 2.00. The molecule has 0 rings (SSSR count). The van der Waals surface area contributed by atoms with Gasteiger partial charge in [-0.1, -0.05) is 78.7 Å². The van der Waals surface area contributed by atoms with Crippen LogP contribution >= 0.6 is 0 Å². The van der Waals surface area contributed by atoms with E-state index in [0.717, 1.165) is 0 Å². The summed E-state index contributed by atoms with van der Waals surface area (Å²) in [7, 11) is 0. The Morgan fingerprint density at radius 3 is 0.545 bits per heavy atom. The van der Waals surface area contributed by atoms with Crippen LogP contribution in [0, 0.1) is 0 Å². The van der Waals surface area contributed by atoms with E-state index in [4.69, 9.17) is 0 Å². The molecule has 0 aromatic rings. The van der Waals surface area contributed by atoms with Crippen LogP contribution in [0.3, 0.4) is 0 Å². The minimum absolute atomic E-state index is 0. The third-order valence-electron chi connectivity index (χ3n) is 0.500. The first-order chi connectivity index (χ1) is 1.91. The SMILES string of the molecule is C.C.C.C.C.C.C.CCCC. The second kappa shape index (κ2) is 202. The second-order valence-electron chi connectivity index (χ2n) is 1.000. The Morgan fingerprint density at radius 2 is 0.545 bits per heavy atom. The van der Waals surface area contributed by atoms with Crippen molar-refractivity contribution in [2.75, 3.05) is 0 Å². The van der Waals surface area contributed by atoms with Crippen LogP contribution in [-0.2, 0) is 0 Å². The van der Waals surface area contributed by atoms with Gasteiger partial charge in [0.2, 0.25) is 0 Å². The Balaban J connectivity index is -0.00000000214. The van der Waals surface area contributed by atoms with Crippen molar-refractivity contribution in [3.05, 3.63) is 0 Å². The van der Waals surface area contributed by atoms with Gasteiger partial charge in [-0.25, -0.2) is 0 Å². The van der Waals surface area contributed by atoms with Gasteiger partial charge in [-0.3, -0.25) is 0 Å². The summed E-state index contributed by atoms with van der Waals surface area (Å²) in [5, 5.41) is 0. The molecule has 0 aromatic carbocycles. The summed E-state index contributed by atoms with van der Waals surface area (Å²) in [6.07, 6.45) is 2.64. The highest BCUT2D eigenvalue weighted by Crippen LogP contribution is 1.76. The lowest BCUT2D eigenvalue weighted by atomic mass is 10.4. The van der Waals surface area contributed by atoms with Crippen LogP contribution in [0.25, 0.3) is 0 Å². The summed E-state index contributed by atoms with van der Waals surface area (Å²) >= 11 is 0. The van der Waals surface area contributed by atoms with Crippen molar-refractivity contribution in [1.29, 1.82) is 0 Å². The molecule has 0 amide bonds. The largest absolute Gasteiger partial charge is 0.0776 e. The fourth-order valence-electron chi connectivity index (χ4n) is 0. The standard InChI is InChI=1S/C4H10.7CH4/c1-3-4-2;;;;;;;/h3-4H2,1-2H3;7*1H4. The Kier molecular flexibility index (Phi) is 2250. The van der Waals surface area contributed by atoms with Crippen LogP contribution < -0.4 is 0 Å². The van der Waals surface area contributed by atoms with Gasteiger partial charge in [0, 0.05) is 0 Å². The van der Waals surface area contributed by atoms with E-state index < -0.39 is 0 Å². The summed E-state index contributed by atoms with van der Waals surface area (Å²) in [6.45, 7) is 4.36. The highest BCUT2D eigenvalue weighted by molar-refractivity contribution is 4.12. The number of unbranched alkanes of at least 4 members (excludes halogenated alkanes) is 1. The second-order valence-corrected chi connectivity index (χ2v) is 1.000. The monoisotopic (exact) mass is 170 g/mol. The molecule has 0 heteroatoms. The van der Waals surface area contributed by atoms with Gasteiger partial charge in [0.15, 0.2) is 0 Å². The first-order valence-corrected chi connectivity index (χ1v) is 1.91. The molecule has 0 atom stereocenters. The molecule has 0 unspecified atom stereocenters. The smallest absolute Gasteiger partial charge is 0.0564 e. The maximum absolute atomic E-state index is 2.18. The molecule has 0 aliphatic heterocycles. The average Bonchev–Trinajstić information content (AvgIpc) is 1.37. The molecule has 0 bridgehead atoms. The van der Waals surface area contributed by atoms with Crippen LogP contribution in [0.5, 0.6) is 0 Å². The van der Waals surface area contributed by atoms with Crippen molar-refractivity contribution in [3.8, 4) is 0 Å². The lowest BCUT2D eigenvalue weighted by Crippen LogP contribution is -1.47. The van der Waals surface area contributed by atoms with Crippen molar-refractivity contribution in [3.63, 3.8) is 0 Å². The molecule has 0 saturated heterocycles. The van der Waals surface area contributed by atoms with Crippen LogP contribution in [-0.4, -0.2) is 0 Å². The predicted molar refractivity (Wildman–Crippen MR) is 67.7 cm³/mol. The summed E-state index contributed by atoms with van der Waals surface area (Å²) in [5.74, 6) is 0. The van der Waals surface area contributed by atoms with Crippen LogP contribution in [0.2, 0.25) is 0 Å². The van der Waals surface area contributed by atoms with Gasteiger partial charge >= 0.3 is 0 Å². The first-order valence-electron chi connectivity index (χ1n) is 1.91. The quantitative estimate of drug-likeness (QED) is 0.436. The van der Waals surface area contributed by atoms with Gasteiger partial charge in [-0.05, 0) is 0 Å². The normalized spacial score (nSPS) is 2.73. The van der Waals surface area contributed by atoms with Gasteiger partial charge in [0.25, 0.3) is 0 Å². The molecule has 0 N–H and O–H groups in total. The van der Waals surface area contributed by atoms with E-state index in [0.29, 0.717) is 0 Å². The summed E-state index contributed by atoms with van der Waals surface area (Å²) in [6, 6.07) is 0. The number of rotatable bonds is 1. The van der Waals surface area contributed by atoms with Gasteiger partial charge in [-0.2, -0.15) is 0 Å².